The van der Waals surface area contributed by atoms with E-state index >= 15 is 0 Å². The van der Waals surface area contributed by atoms with Crippen molar-refractivity contribution < 1.29 is 4.79 Å². The van der Waals surface area contributed by atoms with Gasteiger partial charge >= 0.3 is 5.69 Å². The Morgan fingerprint density at radius 2 is 2.13 bits per heavy atom. The molecule has 0 saturated heterocycles. The minimum atomic E-state index is -0.171. The third-order valence-corrected chi connectivity index (χ3v) is 4.87. The maximum absolute atomic E-state index is 12.3. The average Bonchev–Trinajstić information content (AvgIpc) is 3.16. The summed E-state index contributed by atoms with van der Waals surface area (Å²) in [5, 5.41) is 2.97. The van der Waals surface area contributed by atoms with Gasteiger partial charge in [0.25, 0.3) is 5.91 Å². The van der Waals surface area contributed by atoms with E-state index in [1.54, 1.807) is 25.2 Å². The van der Waals surface area contributed by atoms with Crippen molar-refractivity contribution in [1.29, 1.82) is 0 Å². The molecular weight excluding hydrogens is 292 g/mol. The quantitative estimate of drug-likeness (QED) is 0.877. The lowest BCUT2D eigenvalue weighted by atomic mass is 10.2. The summed E-state index contributed by atoms with van der Waals surface area (Å²) in [6, 6.07) is 5.94. The van der Waals surface area contributed by atoms with Gasteiger partial charge in [0.15, 0.2) is 0 Å². The molecule has 6 heteroatoms. The Kier molecular flexibility index (Phi) is 4.52. The second-order valence-corrected chi connectivity index (χ2v) is 6.40. The highest BCUT2D eigenvalue weighted by molar-refractivity contribution is 5.97. The summed E-state index contributed by atoms with van der Waals surface area (Å²) in [7, 11) is 3.82. The highest BCUT2D eigenvalue weighted by Gasteiger charge is 2.19. The van der Waals surface area contributed by atoms with Crippen LogP contribution < -0.4 is 11.0 Å². The van der Waals surface area contributed by atoms with Crippen LogP contribution in [-0.2, 0) is 7.05 Å². The number of aromatic amines is 1. The lowest BCUT2D eigenvalue weighted by Crippen LogP contribution is -2.37. The van der Waals surface area contributed by atoms with Gasteiger partial charge < -0.3 is 15.2 Å². The Morgan fingerprint density at radius 1 is 1.39 bits per heavy atom. The first kappa shape index (κ1) is 15.8. The number of amides is 1. The Labute approximate surface area is 135 Å². The van der Waals surface area contributed by atoms with Crippen LogP contribution in [0.4, 0.5) is 0 Å². The minimum absolute atomic E-state index is 0.0969. The van der Waals surface area contributed by atoms with Crippen LogP contribution in [-0.4, -0.2) is 46.5 Å². The molecule has 124 valence electrons. The van der Waals surface area contributed by atoms with Gasteiger partial charge in [-0.25, -0.2) is 4.79 Å². The highest BCUT2D eigenvalue weighted by atomic mass is 16.2. The first-order valence-corrected chi connectivity index (χ1v) is 8.23. The molecule has 0 radical (unpaired) electrons. The Bertz CT molecular complexity index is 756. The van der Waals surface area contributed by atoms with Gasteiger partial charge in [0.2, 0.25) is 0 Å². The van der Waals surface area contributed by atoms with Crippen molar-refractivity contribution in [1.82, 2.24) is 19.8 Å². The number of H-pyrrole nitrogens is 1. The van der Waals surface area contributed by atoms with Crippen molar-refractivity contribution in [3.8, 4) is 0 Å². The van der Waals surface area contributed by atoms with Crippen LogP contribution in [0.3, 0.4) is 0 Å². The maximum atomic E-state index is 12.3. The van der Waals surface area contributed by atoms with Crippen molar-refractivity contribution >= 4 is 16.9 Å². The minimum Gasteiger partial charge on any atom is -0.351 e. The molecule has 3 rings (SSSR count). The maximum Gasteiger partial charge on any atom is 0.326 e. The van der Waals surface area contributed by atoms with E-state index in [0.717, 1.165) is 17.6 Å². The molecule has 23 heavy (non-hydrogen) atoms. The molecule has 2 N–H and O–H groups in total. The van der Waals surface area contributed by atoms with Crippen molar-refractivity contribution in [2.24, 2.45) is 7.05 Å². The summed E-state index contributed by atoms with van der Waals surface area (Å²) in [5.74, 6) is -0.0969. The molecule has 1 aromatic carbocycles. The van der Waals surface area contributed by atoms with E-state index in [4.69, 9.17) is 0 Å². The van der Waals surface area contributed by atoms with E-state index in [1.807, 2.05) is 0 Å². The zero-order chi connectivity index (χ0) is 16.4. The first-order valence-electron chi connectivity index (χ1n) is 8.23. The van der Waals surface area contributed by atoms with Crippen LogP contribution >= 0.6 is 0 Å². The number of benzene rings is 1. The zero-order valence-corrected chi connectivity index (χ0v) is 13.8. The van der Waals surface area contributed by atoms with E-state index in [2.05, 4.69) is 22.2 Å². The van der Waals surface area contributed by atoms with Gasteiger partial charge in [-0.15, -0.1) is 0 Å². The summed E-state index contributed by atoms with van der Waals surface area (Å²) in [4.78, 5) is 29.0. The summed E-state index contributed by atoms with van der Waals surface area (Å²) < 4.78 is 1.51. The smallest absolute Gasteiger partial charge is 0.326 e. The molecule has 0 bridgehead atoms. The van der Waals surface area contributed by atoms with E-state index < -0.39 is 0 Å². The van der Waals surface area contributed by atoms with Crippen LogP contribution in [0.1, 0.15) is 36.0 Å². The zero-order valence-electron chi connectivity index (χ0n) is 13.8. The number of hydrogen-bond acceptors (Lipinski definition) is 3. The molecule has 1 aliphatic carbocycles. The normalized spacial score (nSPS) is 15.6. The fraction of sp³-hybridized carbons (Fsp3) is 0.529. The standard InChI is InChI=1S/C17H24N4O2/c1-20(13-5-3-4-6-13)10-9-18-16(22)12-7-8-14-15(11-12)21(2)17(23)19-14/h7-8,11,13H,3-6,9-10H2,1-2H3,(H,18,22)(H,19,23). The lowest BCUT2D eigenvalue weighted by Gasteiger charge is -2.23. The van der Waals surface area contributed by atoms with Crippen LogP contribution in [0, 0.1) is 0 Å². The van der Waals surface area contributed by atoms with Crippen molar-refractivity contribution in [3.05, 3.63) is 34.2 Å². The number of aromatic nitrogens is 2. The number of fused-ring (bicyclic) bond motifs is 1. The number of aryl methyl sites for hydroxylation is 1. The van der Waals surface area contributed by atoms with Crippen LogP contribution in [0.2, 0.25) is 0 Å². The van der Waals surface area contributed by atoms with Crippen LogP contribution in [0.25, 0.3) is 11.0 Å². The Hall–Kier alpha value is -2.08. The molecule has 0 spiro atoms. The molecule has 1 amide bonds. The summed E-state index contributed by atoms with van der Waals surface area (Å²) in [6.07, 6.45) is 5.17. The molecular formula is C17H24N4O2. The molecule has 0 atom stereocenters. The van der Waals surface area contributed by atoms with Gasteiger partial charge in [-0.05, 0) is 38.1 Å². The van der Waals surface area contributed by atoms with E-state index in [9.17, 15) is 9.59 Å². The van der Waals surface area contributed by atoms with Crippen LogP contribution in [0.15, 0.2) is 23.0 Å². The molecule has 0 aliphatic heterocycles. The van der Waals surface area contributed by atoms with Crippen molar-refractivity contribution in [2.45, 2.75) is 31.7 Å². The monoisotopic (exact) mass is 316 g/mol. The Morgan fingerprint density at radius 3 is 2.87 bits per heavy atom. The predicted octanol–water partition coefficient (Wildman–Crippen LogP) is 1.47. The SMILES string of the molecule is CN(CCNC(=O)c1ccc2[nH]c(=O)n(C)c2c1)C1CCCC1. The molecule has 1 aromatic heterocycles. The lowest BCUT2D eigenvalue weighted by molar-refractivity contribution is 0.0947. The fourth-order valence-electron chi connectivity index (χ4n) is 3.34. The molecule has 1 fully saturated rings. The van der Waals surface area contributed by atoms with Gasteiger partial charge in [-0.2, -0.15) is 0 Å². The van der Waals surface area contributed by atoms with Gasteiger partial charge in [0, 0.05) is 31.7 Å². The van der Waals surface area contributed by atoms with Gasteiger partial charge in [0.05, 0.1) is 11.0 Å². The van der Waals surface area contributed by atoms with E-state index in [1.165, 1.54) is 30.3 Å². The van der Waals surface area contributed by atoms with Gasteiger partial charge in [-0.1, -0.05) is 12.8 Å². The fourth-order valence-corrected chi connectivity index (χ4v) is 3.34. The number of imidazole rings is 1. The highest BCUT2D eigenvalue weighted by Crippen LogP contribution is 2.21. The van der Waals surface area contributed by atoms with Crippen molar-refractivity contribution in [2.75, 3.05) is 20.1 Å². The number of nitrogens with zero attached hydrogens (tertiary/aromatic N) is 2. The second-order valence-electron chi connectivity index (χ2n) is 6.40. The molecule has 0 unspecified atom stereocenters. The third-order valence-electron chi connectivity index (χ3n) is 4.87. The van der Waals surface area contributed by atoms with E-state index in [0.29, 0.717) is 18.2 Å². The number of carbonyl (C=O) groups is 1. The third kappa shape index (κ3) is 3.32. The topological polar surface area (TPSA) is 70.1 Å². The predicted molar refractivity (Wildman–Crippen MR) is 90.8 cm³/mol. The molecule has 1 saturated carbocycles. The second kappa shape index (κ2) is 6.58. The largest absolute Gasteiger partial charge is 0.351 e. The first-order chi connectivity index (χ1) is 11.1. The molecule has 2 aromatic rings. The average molecular weight is 316 g/mol. The number of carbonyl (C=O) groups excluding carboxylic acids is 1. The van der Waals surface area contributed by atoms with E-state index in [-0.39, 0.29) is 11.6 Å². The number of rotatable bonds is 5. The summed E-state index contributed by atoms with van der Waals surface area (Å²) >= 11 is 0. The molecule has 1 heterocycles. The van der Waals surface area contributed by atoms with Gasteiger partial charge in [-0.3, -0.25) is 9.36 Å². The molecule has 6 nitrogen and oxygen atoms in total. The van der Waals surface area contributed by atoms with Gasteiger partial charge in [0.1, 0.15) is 0 Å². The summed E-state index contributed by atoms with van der Waals surface area (Å²) in [5.41, 5.74) is 1.90. The van der Waals surface area contributed by atoms with Crippen molar-refractivity contribution in [3.63, 3.8) is 0 Å². The van der Waals surface area contributed by atoms with Crippen LogP contribution in [0.5, 0.6) is 0 Å². The number of likely N-dealkylation sites (N-methyl/N-ethyl adjacent to an activating group) is 1. The Balaban J connectivity index is 1.59. The number of hydrogen-bond donors (Lipinski definition) is 2. The molecule has 1 aliphatic rings. The summed E-state index contributed by atoms with van der Waals surface area (Å²) in [6.45, 7) is 1.50. The number of nitrogens with one attached hydrogen (secondary N) is 2.